The third kappa shape index (κ3) is 2.50. The van der Waals surface area contributed by atoms with Crippen LogP contribution in [0.3, 0.4) is 0 Å². The lowest BCUT2D eigenvalue weighted by Gasteiger charge is -2.13. The Morgan fingerprint density at radius 3 is 3.00 bits per heavy atom. The van der Waals surface area contributed by atoms with E-state index in [0.29, 0.717) is 0 Å². The van der Waals surface area contributed by atoms with Gasteiger partial charge in [-0.2, -0.15) is 4.80 Å². The molecule has 0 spiro atoms. The van der Waals surface area contributed by atoms with Crippen molar-refractivity contribution >= 4 is 21.4 Å². The van der Waals surface area contributed by atoms with Crippen molar-refractivity contribution in [1.29, 1.82) is 0 Å². The molecular formula is C13H15N5S. The Bertz CT molecular complexity index is 613. The zero-order chi connectivity index (χ0) is 13.1. The van der Waals surface area contributed by atoms with E-state index >= 15 is 0 Å². The highest BCUT2D eigenvalue weighted by Crippen LogP contribution is 2.32. The van der Waals surface area contributed by atoms with Gasteiger partial charge in [0.15, 0.2) is 6.33 Å². The third-order valence-corrected chi connectivity index (χ3v) is 4.30. The van der Waals surface area contributed by atoms with E-state index < -0.39 is 0 Å². The van der Waals surface area contributed by atoms with Crippen LogP contribution < -0.4 is 5.32 Å². The van der Waals surface area contributed by atoms with Gasteiger partial charge >= 0.3 is 0 Å². The zero-order valence-corrected chi connectivity index (χ0v) is 11.5. The molecular weight excluding hydrogens is 258 g/mol. The van der Waals surface area contributed by atoms with Gasteiger partial charge in [-0.25, -0.2) is 0 Å². The summed E-state index contributed by atoms with van der Waals surface area (Å²) < 4.78 is 1.30. The topological polar surface area (TPSA) is 55.6 Å². The normalized spacial score (nSPS) is 12.9. The number of aromatic nitrogens is 4. The van der Waals surface area contributed by atoms with Crippen molar-refractivity contribution in [2.45, 2.75) is 12.5 Å². The maximum absolute atomic E-state index is 4.19. The highest BCUT2D eigenvalue weighted by Gasteiger charge is 2.18. The van der Waals surface area contributed by atoms with E-state index in [4.69, 9.17) is 0 Å². The molecule has 0 radical (unpaired) electrons. The van der Waals surface area contributed by atoms with Gasteiger partial charge in [-0.3, -0.25) is 0 Å². The Morgan fingerprint density at radius 2 is 2.26 bits per heavy atom. The van der Waals surface area contributed by atoms with Crippen molar-refractivity contribution in [3.8, 4) is 0 Å². The number of rotatable bonds is 5. The van der Waals surface area contributed by atoms with Gasteiger partial charge in [0.05, 0.1) is 0 Å². The first-order valence-corrected chi connectivity index (χ1v) is 7.05. The molecule has 0 saturated carbocycles. The van der Waals surface area contributed by atoms with Crippen LogP contribution in [-0.2, 0) is 0 Å². The molecule has 0 amide bonds. The monoisotopic (exact) mass is 273 g/mol. The standard InChI is InChI=1S/C13H15N5S/c1-14-7-6-11(18-16-9-15-17-18)13-8-10-4-2-3-5-12(10)19-13/h2-5,8-9,11,14H,6-7H2,1H3. The average Bonchev–Trinajstić information content (AvgIpc) is 3.08. The van der Waals surface area contributed by atoms with Crippen LogP contribution in [0.1, 0.15) is 17.3 Å². The number of tetrazole rings is 1. The van der Waals surface area contributed by atoms with Crippen LogP contribution in [0.4, 0.5) is 0 Å². The Kier molecular flexibility index (Phi) is 3.52. The largest absolute Gasteiger partial charge is 0.320 e. The smallest absolute Gasteiger partial charge is 0.162 e. The van der Waals surface area contributed by atoms with Crippen LogP contribution in [0.2, 0.25) is 0 Å². The predicted octanol–water partition coefficient (Wildman–Crippen LogP) is 2.09. The molecule has 3 rings (SSSR count). The molecule has 19 heavy (non-hydrogen) atoms. The molecule has 1 unspecified atom stereocenters. The molecule has 0 bridgehead atoms. The van der Waals surface area contributed by atoms with Crippen LogP contribution in [0, 0.1) is 0 Å². The minimum absolute atomic E-state index is 0.146. The summed E-state index contributed by atoms with van der Waals surface area (Å²) in [6, 6.07) is 10.8. The molecule has 6 heteroatoms. The minimum Gasteiger partial charge on any atom is -0.320 e. The predicted molar refractivity (Wildman–Crippen MR) is 76.3 cm³/mol. The Hall–Kier alpha value is -1.79. The van der Waals surface area contributed by atoms with Gasteiger partial charge in [-0.1, -0.05) is 18.2 Å². The van der Waals surface area contributed by atoms with E-state index in [1.54, 1.807) is 16.1 Å². The molecule has 5 nitrogen and oxygen atoms in total. The number of hydrogen-bond donors (Lipinski definition) is 1. The molecule has 1 N–H and O–H groups in total. The van der Waals surface area contributed by atoms with Crippen LogP contribution >= 0.6 is 11.3 Å². The van der Waals surface area contributed by atoms with Gasteiger partial charge in [-0.15, -0.1) is 21.5 Å². The molecule has 0 saturated heterocycles. The van der Waals surface area contributed by atoms with Crippen molar-refractivity contribution in [2.75, 3.05) is 13.6 Å². The van der Waals surface area contributed by atoms with Gasteiger partial charge in [-0.05, 0) is 42.7 Å². The highest BCUT2D eigenvalue weighted by molar-refractivity contribution is 7.19. The number of nitrogens with one attached hydrogen (secondary N) is 1. The van der Waals surface area contributed by atoms with Crippen molar-refractivity contribution in [2.24, 2.45) is 0 Å². The van der Waals surface area contributed by atoms with E-state index in [0.717, 1.165) is 13.0 Å². The fraction of sp³-hybridized carbons (Fsp3) is 0.308. The van der Waals surface area contributed by atoms with Crippen LogP contribution in [0.15, 0.2) is 36.7 Å². The number of hydrogen-bond acceptors (Lipinski definition) is 5. The first-order valence-electron chi connectivity index (χ1n) is 6.24. The zero-order valence-electron chi connectivity index (χ0n) is 10.7. The maximum atomic E-state index is 4.19. The van der Waals surface area contributed by atoms with Gasteiger partial charge in [0.2, 0.25) is 0 Å². The fourth-order valence-corrected chi connectivity index (χ4v) is 3.32. The molecule has 3 aromatic rings. The molecule has 0 aliphatic carbocycles. The Labute approximate surface area is 115 Å². The summed E-state index contributed by atoms with van der Waals surface area (Å²) in [6.07, 6.45) is 2.43. The summed E-state index contributed by atoms with van der Waals surface area (Å²) >= 11 is 1.80. The second kappa shape index (κ2) is 5.46. The lowest BCUT2D eigenvalue weighted by atomic mass is 10.1. The molecule has 2 heterocycles. The van der Waals surface area contributed by atoms with Crippen LogP contribution in [-0.4, -0.2) is 33.8 Å². The van der Waals surface area contributed by atoms with E-state index in [-0.39, 0.29) is 6.04 Å². The number of benzene rings is 1. The highest BCUT2D eigenvalue weighted by atomic mass is 32.1. The van der Waals surface area contributed by atoms with E-state index in [9.17, 15) is 0 Å². The molecule has 0 fully saturated rings. The van der Waals surface area contributed by atoms with Crippen molar-refractivity contribution in [1.82, 2.24) is 25.5 Å². The molecule has 1 aromatic carbocycles. The lowest BCUT2D eigenvalue weighted by Crippen LogP contribution is -2.19. The van der Waals surface area contributed by atoms with Crippen molar-refractivity contribution < 1.29 is 0 Å². The summed E-state index contributed by atoms with van der Waals surface area (Å²) in [5, 5.41) is 16.5. The summed E-state index contributed by atoms with van der Waals surface area (Å²) in [5.74, 6) is 0. The molecule has 0 aliphatic heterocycles. The van der Waals surface area contributed by atoms with Gasteiger partial charge in [0.25, 0.3) is 0 Å². The summed E-state index contributed by atoms with van der Waals surface area (Å²) in [7, 11) is 1.96. The average molecular weight is 273 g/mol. The maximum Gasteiger partial charge on any atom is 0.162 e. The van der Waals surface area contributed by atoms with Gasteiger partial charge < -0.3 is 5.32 Å². The number of fused-ring (bicyclic) bond motifs is 1. The summed E-state index contributed by atoms with van der Waals surface area (Å²) in [5.41, 5.74) is 0. The first-order chi connectivity index (χ1) is 9.38. The van der Waals surface area contributed by atoms with E-state index in [1.165, 1.54) is 21.3 Å². The van der Waals surface area contributed by atoms with Crippen molar-refractivity contribution in [3.63, 3.8) is 0 Å². The lowest BCUT2D eigenvalue weighted by molar-refractivity contribution is 0.427. The Balaban J connectivity index is 1.98. The van der Waals surface area contributed by atoms with Crippen LogP contribution in [0.5, 0.6) is 0 Å². The summed E-state index contributed by atoms with van der Waals surface area (Å²) in [4.78, 5) is 2.97. The minimum atomic E-state index is 0.146. The summed E-state index contributed by atoms with van der Waals surface area (Å²) in [6.45, 7) is 0.917. The van der Waals surface area contributed by atoms with Gasteiger partial charge in [0.1, 0.15) is 6.04 Å². The quantitative estimate of drug-likeness (QED) is 0.773. The first kappa shape index (κ1) is 12.3. The number of nitrogens with zero attached hydrogens (tertiary/aromatic N) is 4. The number of thiophene rings is 1. The van der Waals surface area contributed by atoms with E-state index in [2.05, 4.69) is 51.1 Å². The second-order valence-corrected chi connectivity index (χ2v) is 5.47. The third-order valence-electron chi connectivity index (χ3n) is 3.08. The SMILES string of the molecule is CNCCC(c1cc2ccccc2s1)n1ncnn1. The fourth-order valence-electron chi connectivity index (χ4n) is 2.14. The molecule has 98 valence electrons. The van der Waals surface area contributed by atoms with Crippen LogP contribution in [0.25, 0.3) is 10.1 Å². The molecule has 2 aromatic heterocycles. The van der Waals surface area contributed by atoms with Gasteiger partial charge in [0, 0.05) is 9.58 Å². The van der Waals surface area contributed by atoms with E-state index in [1.807, 2.05) is 7.05 Å². The molecule has 0 aliphatic rings. The molecule has 1 atom stereocenters. The van der Waals surface area contributed by atoms with Crippen molar-refractivity contribution in [3.05, 3.63) is 41.5 Å². The Morgan fingerprint density at radius 1 is 1.37 bits per heavy atom. The second-order valence-electron chi connectivity index (χ2n) is 4.35.